The lowest BCUT2D eigenvalue weighted by atomic mass is 9.92. The SMILES string of the molecule is O=C(CC1CCN(Cc2ccc(F)c(F)c2)CC1)N1CCOCC1. The van der Waals surface area contributed by atoms with Crippen LogP contribution in [0.3, 0.4) is 0 Å². The molecule has 24 heavy (non-hydrogen) atoms. The minimum atomic E-state index is -0.806. The summed E-state index contributed by atoms with van der Waals surface area (Å²) in [5, 5.41) is 0. The largest absolute Gasteiger partial charge is 0.378 e. The molecule has 0 N–H and O–H groups in total. The van der Waals surface area contributed by atoms with Crippen LogP contribution in [0.4, 0.5) is 8.78 Å². The van der Waals surface area contributed by atoms with Gasteiger partial charge in [0, 0.05) is 26.1 Å². The predicted molar refractivity (Wildman–Crippen MR) is 86.4 cm³/mol. The van der Waals surface area contributed by atoms with Crippen molar-refractivity contribution in [1.29, 1.82) is 0 Å². The van der Waals surface area contributed by atoms with Gasteiger partial charge in [-0.3, -0.25) is 9.69 Å². The Balaban J connectivity index is 1.43. The molecule has 0 atom stereocenters. The molecular weight excluding hydrogens is 314 g/mol. The lowest BCUT2D eigenvalue weighted by molar-refractivity contribution is -0.136. The highest BCUT2D eigenvalue weighted by Crippen LogP contribution is 2.23. The van der Waals surface area contributed by atoms with Gasteiger partial charge in [-0.2, -0.15) is 0 Å². The Bertz CT molecular complexity index is 568. The van der Waals surface area contributed by atoms with Gasteiger partial charge in [-0.15, -0.1) is 0 Å². The molecule has 1 aromatic carbocycles. The number of hydrogen-bond acceptors (Lipinski definition) is 3. The van der Waals surface area contributed by atoms with Crippen LogP contribution in [0.5, 0.6) is 0 Å². The number of morpholine rings is 1. The first-order valence-electron chi connectivity index (χ1n) is 8.63. The fourth-order valence-electron chi connectivity index (χ4n) is 3.43. The fraction of sp³-hybridized carbons (Fsp3) is 0.611. The Labute approximate surface area is 141 Å². The molecule has 2 fully saturated rings. The Morgan fingerprint density at radius 1 is 1.08 bits per heavy atom. The van der Waals surface area contributed by atoms with E-state index in [9.17, 15) is 13.6 Å². The van der Waals surface area contributed by atoms with Gasteiger partial charge in [-0.25, -0.2) is 8.78 Å². The molecule has 132 valence electrons. The van der Waals surface area contributed by atoms with Crippen LogP contribution in [-0.4, -0.2) is 55.1 Å². The molecular formula is C18H24F2N2O2. The van der Waals surface area contributed by atoms with E-state index in [2.05, 4.69) is 4.90 Å². The number of nitrogens with zero attached hydrogens (tertiary/aromatic N) is 2. The monoisotopic (exact) mass is 338 g/mol. The van der Waals surface area contributed by atoms with Gasteiger partial charge in [-0.05, 0) is 49.5 Å². The summed E-state index contributed by atoms with van der Waals surface area (Å²) in [7, 11) is 0. The third-order valence-corrected chi connectivity index (χ3v) is 4.92. The highest BCUT2D eigenvalue weighted by atomic mass is 19.2. The number of carbonyl (C=O) groups excluding carboxylic acids is 1. The fourth-order valence-corrected chi connectivity index (χ4v) is 3.43. The number of benzene rings is 1. The second-order valence-corrected chi connectivity index (χ2v) is 6.67. The van der Waals surface area contributed by atoms with Gasteiger partial charge in [0.25, 0.3) is 0 Å². The molecule has 4 nitrogen and oxygen atoms in total. The van der Waals surface area contributed by atoms with Crippen LogP contribution in [0.2, 0.25) is 0 Å². The summed E-state index contributed by atoms with van der Waals surface area (Å²) in [6, 6.07) is 4.08. The zero-order chi connectivity index (χ0) is 16.9. The molecule has 0 bridgehead atoms. The van der Waals surface area contributed by atoms with E-state index in [1.54, 1.807) is 6.07 Å². The molecule has 0 radical (unpaired) electrons. The smallest absolute Gasteiger partial charge is 0.223 e. The van der Waals surface area contributed by atoms with Crippen molar-refractivity contribution < 1.29 is 18.3 Å². The van der Waals surface area contributed by atoms with Crippen molar-refractivity contribution in [2.75, 3.05) is 39.4 Å². The predicted octanol–water partition coefficient (Wildman–Crippen LogP) is 2.43. The first-order valence-corrected chi connectivity index (χ1v) is 8.63. The maximum Gasteiger partial charge on any atom is 0.223 e. The van der Waals surface area contributed by atoms with Gasteiger partial charge in [0.2, 0.25) is 5.91 Å². The molecule has 1 amide bonds. The van der Waals surface area contributed by atoms with E-state index in [0.717, 1.165) is 31.5 Å². The minimum Gasteiger partial charge on any atom is -0.378 e. The third-order valence-electron chi connectivity index (χ3n) is 4.92. The first kappa shape index (κ1) is 17.3. The molecule has 2 heterocycles. The second-order valence-electron chi connectivity index (χ2n) is 6.67. The van der Waals surface area contributed by atoms with Crippen molar-refractivity contribution >= 4 is 5.91 Å². The van der Waals surface area contributed by atoms with Crippen molar-refractivity contribution in [3.63, 3.8) is 0 Å². The second kappa shape index (κ2) is 8.03. The van der Waals surface area contributed by atoms with Crippen molar-refractivity contribution in [3.8, 4) is 0 Å². The molecule has 0 spiro atoms. The quantitative estimate of drug-likeness (QED) is 0.845. The highest BCUT2D eigenvalue weighted by Gasteiger charge is 2.25. The van der Waals surface area contributed by atoms with Crippen LogP contribution >= 0.6 is 0 Å². The lowest BCUT2D eigenvalue weighted by Crippen LogP contribution is -2.42. The van der Waals surface area contributed by atoms with Crippen molar-refractivity contribution in [3.05, 3.63) is 35.4 Å². The topological polar surface area (TPSA) is 32.8 Å². The van der Waals surface area contributed by atoms with E-state index in [0.29, 0.717) is 45.2 Å². The number of hydrogen-bond donors (Lipinski definition) is 0. The summed E-state index contributed by atoms with van der Waals surface area (Å²) >= 11 is 0. The number of ether oxygens (including phenoxy) is 1. The Hall–Kier alpha value is -1.53. The van der Waals surface area contributed by atoms with Crippen molar-refractivity contribution in [1.82, 2.24) is 9.80 Å². The highest BCUT2D eigenvalue weighted by molar-refractivity contribution is 5.76. The van der Waals surface area contributed by atoms with E-state index < -0.39 is 11.6 Å². The molecule has 0 aromatic heterocycles. The Morgan fingerprint density at radius 2 is 1.79 bits per heavy atom. The molecule has 3 rings (SSSR count). The molecule has 0 unspecified atom stereocenters. The standard InChI is InChI=1S/C18H24F2N2O2/c19-16-2-1-15(11-17(16)20)13-21-5-3-14(4-6-21)12-18(23)22-7-9-24-10-8-22/h1-2,11,14H,3-10,12-13H2. The van der Waals surface area contributed by atoms with Crippen LogP contribution in [0.1, 0.15) is 24.8 Å². The molecule has 2 saturated heterocycles. The Kier molecular flexibility index (Phi) is 5.79. The van der Waals surface area contributed by atoms with E-state index in [-0.39, 0.29) is 5.91 Å². The van der Waals surface area contributed by atoms with Crippen molar-refractivity contribution in [2.24, 2.45) is 5.92 Å². The maximum absolute atomic E-state index is 13.3. The summed E-state index contributed by atoms with van der Waals surface area (Å²) in [4.78, 5) is 16.4. The van der Waals surface area contributed by atoms with Crippen LogP contribution < -0.4 is 0 Å². The van der Waals surface area contributed by atoms with Crippen LogP contribution in [0.25, 0.3) is 0 Å². The third kappa shape index (κ3) is 4.51. The summed E-state index contributed by atoms with van der Waals surface area (Å²) < 4.78 is 31.5. The number of rotatable bonds is 4. The number of likely N-dealkylation sites (tertiary alicyclic amines) is 1. The number of carbonyl (C=O) groups is 1. The first-order chi connectivity index (χ1) is 11.6. The molecule has 1 aromatic rings. The Morgan fingerprint density at radius 3 is 2.46 bits per heavy atom. The van der Waals surface area contributed by atoms with E-state index >= 15 is 0 Å². The van der Waals surface area contributed by atoms with E-state index in [4.69, 9.17) is 4.74 Å². The van der Waals surface area contributed by atoms with Crippen LogP contribution in [0, 0.1) is 17.6 Å². The van der Waals surface area contributed by atoms with Gasteiger partial charge in [0.05, 0.1) is 13.2 Å². The van der Waals surface area contributed by atoms with Crippen LogP contribution in [-0.2, 0) is 16.1 Å². The normalized spacial score (nSPS) is 20.3. The molecule has 2 aliphatic rings. The zero-order valence-electron chi connectivity index (χ0n) is 13.8. The molecule has 6 heteroatoms. The average Bonchev–Trinajstić information content (AvgIpc) is 2.61. The molecule has 0 saturated carbocycles. The number of amides is 1. The minimum absolute atomic E-state index is 0.234. The number of halogens is 2. The average molecular weight is 338 g/mol. The maximum atomic E-state index is 13.3. The van der Waals surface area contributed by atoms with E-state index in [1.807, 2.05) is 4.90 Å². The van der Waals surface area contributed by atoms with Gasteiger partial charge in [-0.1, -0.05) is 6.07 Å². The summed E-state index contributed by atoms with van der Waals surface area (Å²) in [5.41, 5.74) is 0.789. The summed E-state index contributed by atoms with van der Waals surface area (Å²) in [6.07, 6.45) is 2.55. The van der Waals surface area contributed by atoms with E-state index in [1.165, 1.54) is 12.1 Å². The van der Waals surface area contributed by atoms with Gasteiger partial charge < -0.3 is 9.64 Å². The van der Waals surface area contributed by atoms with Gasteiger partial charge in [0.15, 0.2) is 11.6 Å². The summed E-state index contributed by atoms with van der Waals surface area (Å²) in [6.45, 7) is 5.08. The molecule has 0 aliphatic carbocycles. The lowest BCUT2D eigenvalue weighted by Gasteiger charge is -2.33. The van der Waals surface area contributed by atoms with Crippen molar-refractivity contribution in [2.45, 2.75) is 25.8 Å². The van der Waals surface area contributed by atoms with Gasteiger partial charge >= 0.3 is 0 Å². The molecule has 2 aliphatic heterocycles. The number of piperidine rings is 1. The summed E-state index contributed by atoms with van der Waals surface area (Å²) in [5.74, 6) is -0.948. The zero-order valence-corrected chi connectivity index (χ0v) is 13.8. The van der Waals surface area contributed by atoms with Crippen LogP contribution in [0.15, 0.2) is 18.2 Å². The van der Waals surface area contributed by atoms with Gasteiger partial charge in [0.1, 0.15) is 0 Å².